The monoisotopic (exact) mass is 337 g/mol. The minimum Gasteiger partial charge on any atom is -0.329 e. The maximum absolute atomic E-state index is 12.5. The van der Waals surface area contributed by atoms with Gasteiger partial charge in [0.1, 0.15) is 0 Å². The van der Waals surface area contributed by atoms with Gasteiger partial charge in [0.2, 0.25) is 5.82 Å². The van der Waals surface area contributed by atoms with Crippen molar-refractivity contribution in [3.63, 3.8) is 0 Å². The molecule has 3 aromatic heterocycles. The molecule has 0 aliphatic heterocycles. The maximum Gasteiger partial charge on any atom is 0.471 e. The van der Waals surface area contributed by atoms with Gasteiger partial charge in [-0.3, -0.25) is 14.8 Å². The van der Waals surface area contributed by atoms with E-state index in [4.69, 9.17) is 0 Å². The van der Waals surface area contributed by atoms with Crippen molar-refractivity contribution in [2.75, 3.05) is 0 Å². The molecule has 24 heavy (non-hydrogen) atoms. The lowest BCUT2D eigenvalue weighted by atomic mass is 10.2. The number of aryl methyl sites for hydroxylation is 1. The molecule has 0 fully saturated rings. The van der Waals surface area contributed by atoms with Crippen molar-refractivity contribution in [1.29, 1.82) is 0 Å². The Morgan fingerprint density at radius 2 is 2.04 bits per heavy atom. The quantitative estimate of drug-likeness (QED) is 0.727. The van der Waals surface area contributed by atoms with E-state index in [1.54, 1.807) is 19.3 Å². The molecule has 0 spiro atoms. The van der Waals surface area contributed by atoms with Gasteiger partial charge in [0, 0.05) is 24.0 Å². The van der Waals surface area contributed by atoms with Crippen molar-refractivity contribution in [1.82, 2.24) is 24.7 Å². The molecule has 0 saturated heterocycles. The first-order valence-electron chi connectivity index (χ1n) is 6.72. The minimum atomic E-state index is -4.73. The number of hydrogen-bond donors (Lipinski definition) is 0. The fraction of sp³-hybridized carbons (Fsp3) is 0.214. The van der Waals surface area contributed by atoms with Gasteiger partial charge in [-0.2, -0.15) is 18.2 Å². The van der Waals surface area contributed by atoms with Gasteiger partial charge in [-0.1, -0.05) is 5.16 Å². The van der Waals surface area contributed by atoms with Crippen LogP contribution in [0.3, 0.4) is 0 Å². The summed E-state index contributed by atoms with van der Waals surface area (Å²) in [5, 5.41) is 3.24. The highest BCUT2D eigenvalue weighted by molar-refractivity contribution is 5.52. The van der Waals surface area contributed by atoms with Gasteiger partial charge >= 0.3 is 12.1 Å². The molecule has 0 unspecified atom stereocenters. The van der Waals surface area contributed by atoms with Crippen LogP contribution in [0.1, 0.15) is 17.3 Å². The van der Waals surface area contributed by atoms with E-state index in [0.29, 0.717) is 5.69 Å². The number of halogens is 3. The van der Waals surface area contributed by atoms with E-state index in [0.717, 1.165) is 11.8 Å². The van der Waals surface area contributed by atoms with E-state index in [-0.39, 0.29) is 17.9 Å². The Bertz CT molecular complexity index is 915. The molecule has 0 aliphatic carbocycles. The predicted molar refractivity (Wildman–Crippen MR) is 74.9 cm³/mol. The zero-order valence-electron chi connectivity index (χ0n) is 12.3. The normalized spacial score (nSPS) is 11.7. The van der Waals surface area contributed by atoms with Crippen LogP contribution < -0.4 is 5.56 Å². The summed E-state index contributed by atoms with van der Waals surface area (Å²) in [7, 11) is 0. The van der Waals surface area contributed by atoms with E-state index in [2.05, 4.69) is 24.6 Å². The molecule has 0 aromatic carbocycles. The predicted octanol–water partition coefficient (Wildman–Crippen LogP) is 2.06. The molecule has 124 valence electrons. The van der Waals surface area contributed by atoms with Gasteiger partial charge in [0.15, 0.2) is 0 Å². The Balaban J connectivity index is 1.86. The maximum atomic E-state index is 12.5. The largest absolute Gasteiger partial charge is 0.471 e. The van der Waals surface area contributed by atoms with Gasteiger partial charge in [-0.05, 0) is 13.0 Å². The molecule has 0 bridgehead atoms. The summed E-state index contributed by atoms with van der Waals surface area (Å²) in [6.45, 7) is 1.98. The first-order valence-corrected chi connectivity index (χ1v) is 6.72. The summed E-state index contributed by atoms with van der Waals surface area (Å²) in [6.07, 6.45) is -0.190. The van der Waals surface area contributed by atoms with Crippen LogP contribution >= 0.6 is 0 Å². The Kier molecular flexibility index (Phi) is 3.87. The second-order valence-electron chi connectivity index (χ2n) is 4.95. The molecular formula is C14H10F3N5O2. The highest BCUT2D eigenvalue weighted by Crippen LogP contribution is 2.28. The molecular weight excluding hydrogens is 327 g/mol. The number of pyridine rings is 1. The highest BCUT2D eigenvalue weighted by atomic mass is 19.4. The van der Waals surface area contributed by atoms with E-state index in [1.807, 2.05) is 0 Å². The smallest absolute Gasteiger partial charge is 0.329 e. The summed E-state index contributed by atoms with van der Waals surface area (Å²) < 4.78 is 42.9. The van der Waals surface area contributed by atoms with Crippen LogP contribution in [0.25, 0.3) is 11.4 Å². The average Bonchev–Trinajstić information content (AvgIpc) is 3.01. The second-order valence-corrected chi connectivity index (χ2v) is 4.95. The van der Waals surface area contributed by atoms with E-state index < -0.39 is 17.6 Å². The van der Waals surface area contributed by atoms with Crippen LogP contribution in [-0.2, 0) is 12.7 Å². The fourth-order valence-corrected chi connectivity index (χ4v) is 1.91. The van der Waals surface area contributed by atoms with Crippen molar-refractivity contribution in [3.8, 4) is 11.4 Å². The van der Waals surface area contributed by atoms with Crippen molar-refractivity contribution in [2.24, 2.45) is 0 Å². The van der Waals surface area contributed by atoms with Gasteiger partial charge in [-0.25, -0.2) is 0 Å². The first-order chi connectivity index (χ1) is 11.3. The molecule has 3 aromatic rings. The molecule has 7 nitrogen and oxygen atoms in total. The Hall–Kier alpha value is -3.04. The summed E-state index contributed by atoms with van der Waals surface area (Å²) in [5.74, 6) is -1.77. The molecule has 0 amide bonds. The van der Waals surface area contributed by atoms with Crippen LogP contribution in [0.15, 0.2) is 40.0 Å². The molecule has 0 saturated carbocycles. The van der Waals surface area contributed by atoms with Crippen LogP contribution in [0.4, 0.5) is 13.2 Å². The molecule has 0 radical (unpaired) electrons. The Labute approximate surface area is 132 Å². The van der Waals surface area contributed by atoms with Gasteiger partial charge < -0.3 is 9.09 Å². The summed E-state index contributed by atoms with van der Waals surface area (Å²) >= 11 is 0. The molecule has 3 heterocycles. The van der Waals surface area contributed by atoms with E-state index >= 15 is 0 Å². The number of hydrogen-bond acceptors (Lipinski definition) is 6. The number of rotatable bonds is 3. The highest BCUT2D eigenvalue weighted by Gasteiger charge is 2.38. The van der Waals surface area contributed by atoms with E-state index in [9.17, 15) is 18.0 Å². The Morgan fingerprint density at radius 1 is 1.25 bits per heavy atom. The molecule has 10 heteroatoms. The van der Waals surface area contributed by atoms with Gasteiger partial charge in [0.05, 0.1) is 24.1 Å². The molecule has 0 N–H and O–H groups in total. The zero-order valence-corrected chi connectivity index (χ0v) is 12.3. The van der Waals surface area contributed by atoms with Gasteiger partial charge in [-0.15, -0.1) is 0 Å². The summed E-state index contributed by atoms with van der Waals surface area (Å²) in [6, 6.07) is 2.56. The van der Waals surface area contributed by atoms with Crippen molar-refractivity contribution in [2.45, 2.75) is 19.6 Å². The third-order valence-corrected chi connectivity index (χ3v) is 3.09. The van der Waals surface area contributed by atoms with E-state index in [1.165, 1.54) is 16.8 Å². The molecule has 0 atom stereocenters. The van der Waals surface area contributed by atoms with Crippen molar-refractivity contribution >= 4 is 0 Å². The standard InChI is InChI=1S/C14H10F3N5O2/c1-8-5-19-10(6-18-8)7-22-3-2-9(4-11(22)23)12-20-13(24-21-12)14(15,16)17/h2-6H,7H2,1H3. The molecule has 0 aliphatic rings. The fourth-order valence-electron chi connectivity index (χ4n) is 1.91. The lowest BCUT2D eigenvalue weighted by molar-refractivity contribution is -0.159. The minimum absolute atomic E-state index is 0.130. The summed E-state index contributed by atoms with van der Waals surface area (Å²) in [4.78, 5) is 23.6. The number of alkyl halides is 3. The second kappa shape index (κ2) is 5.87. The lowest BCUT2D eigenvalue weighted by Crippen LogP contribution is -2.20. The summed E-state index contributed by atoms with van der Waals surface area (Å²) in [5.41, 5.74) is 1.02. The van der Waals surface area contributed by atoms with Gasteiger partial charge in [0.25, 0.3) is 5.56 Å². The topological polar surface area (TPSA) is 86.7 Å². The van der Waals surface area contributed by atoms with Crippen molar-refractivity contribution in [3.05, 3.63) is 58.4 Å². The third kappa shape index (κ3) is 3.31. The Morgan fingerprint density at radius 3 is 2.62 bits per heavy atom. The van der Waals surface area contributed by atoms with Crippen LogP contribution in [0.5, 0.6) is 0 Å². The first kappa shape index (κ1) is 15.8. The molecule has 3 rings (SSSR count). The third-order valence-electron chi connectivity index (χ3n) is 3.09. The lowest BCUT2D eigenvalue weighted by Gasteiger charge is -2.05. The number of nitrogens with zero attached hydrogens (tertiary/aromatic N) is 5. The van der Waals surface area contributed by atoms with Crippen LogP contribution in [0.2, 0.25) is 0 Å². The number of aromatic nitrogens is 5. The zero-order chi connectivity index (χ0) is 17.3. The SMILES string of the molecule is Cc1cnc(Cn2ccc(-c3noc(C(F)(F)F)n3)cc2=O)cn1. The van der Waals surface area contributed by atoms with Crippen LogP contribution in [0, 0.1) is 6.92 Å². The van der Waals surface area contributed by atoms with Crippen LogP contribution in [-0.4, -0.2) is 24.7 Å². The van der Waals surface area contributed by atoms with Crippen molar-refractivity contribution < 1.29 is 17.7 Å². The average molecular weight is 337 g/mol.